The Labute approximate surface area is 184 Å². The van der Waals surface area contributed by atoms with Crippen LogP contribution in [-0.4, -0.2) is 51.1 Å². The number of likely N-dealkylation sites (tertiary alicyclic amines) is 1. The molecule has 0 amide bonds. The van der Waals surface area contributed by atoms with Crippen molar-refractivity contribution in [1.82, 2.24) is 24.8 Å². The number of nitrogen functional groups attached to an aromatic ring is 2. The molecule has 4 heterocycles. The van der Waals surface area contributed by atoms with Crippen molar-refractivity contribution >= 4 is 34.7 Å². The van der Waals surface area contributed by atoms with Crippen molar-refractivity contribution in [2.45, 2.75) is 30.7 Å². The van der Waals surface area contributed by atoms with E-state index in [1.807, 2.05) is 12.1 Å². The Kier molecular flexibility index (Phi) is 6.35. The summed E-state index contributed by atoms with van der Waals surface area (Å²) in [5.74, 6) is 1.37. The summed E-state index contributed by atoms with van der Waals surface area (Å²) in [4.78, 5) is 21.2. The number of nitrogens with zero attached hydrogens (tertiary/aromatic N) is 5. The molecule has 0 saturated carbocycles. The highest BCUT2D eigenvalue weighted by Crippen LogP contribution is 2.38. The van der Waals surface area contributed by atoms with Crippen molar-refractivity contribution in [3.05, 3.63) is 35.0 Å². The van der Waals surface area contributed by atoms with Gasteiger partial charge in [-0.15, -0.1) is 11.3 Å². The second kappa shape index (κ2) is 9.15. The maximum Gasteiger partial charge on any atom is 0.213 e. The number of aromatic nitrogens is 4. The van der Waals surface area contributed by atoms with Crippen LogP contribution in [-0.2, 0) is 0 Å². The standard InChI is InChI=1S/C20H25N7OS2/c1-12-18(13(2)30-20-24-15(21)11-16(22)25-20)26-19(29-12)14-4-5-23-17(10-14)28-9-8-27-6-3-7-27/h4-5,10-11,13H,3,6-9H2,1-2H3,(H4,21,22,24,25)/t13-/m0/s1. The summed E-state index contributed by atoms with van der Waals surface area (Å²) >= 11 is 3.15. The van der Waals surface area contributed by atoms with Crippen molar-refractivity contribution in [2.24, 2.45) is 0 Å². The molecule has 0 unspecified atom stereocenters. The first-order valence-electron chi connectivity index (χ1n) is 9.83. The molecule has 8 nitrogen and oxygen atoms in total. The predicted octanol–water partition coefficient (Wildman–Crippen LogP) is 3.41. The molecule has 1 saturated heterocycles. The molecule has 0 aliphatic carbocycles. The molecule has 30 heavy (non-hydrogen) atoms. The monoisotopic (exact) mass is 443 g/mol. The summed E-state index contributed by atoms with van der Waals surface area (Å²) in [6.45, 7) is 8.08. The number of anilines is 2. The number of aryl methyl sites for hydroxylation is 1. The summed E-state index contributed by atoms with van der Waals surface area (Å²) in [7, 11) is 0. The van der Waals surface area contributed by atoms with Crippen molar-refractivity contribution in [1.29, 1.82) is 0 Å². The van der Waals surface area contributed by atoms with Crippen LogP contribution in [0.4, 0.5) is 11.6 Å². The van der Waals surface area contributed by atoms with Crippen LogP contribution in [0, 0.1) is 6.92 Å². The molecular formula is C20H25N7OS2. The quantitative estimate of drug-likeness (QED) is 0.399. The lowest BCUT2D eigenvalue weighted by molar-refractivity contribution is 0.145. The molecule has 4 N–H and O–H groups in total. The van der Waals surface area contributed by atoms with Crippen LogP contribution >= 0.6 is 23.1 Å². The average molecular weight is 444 g/mol. The highest BCUT2D eigenvalue weighted by molar-refractivity contribution is 7.99. The molecular weight excluding hydrogens is 418 g/mol. The van der Waals surface area contributed by atoms with Gasteiger partial charge in [-0.3, -0.25) is 4.90 Å². The fraction of sp³-hybridized carbons (Fsp3) is 0.400. The predicted molar refractivity (Wildman–Crippen MR) is 122 cm³/mol. The number of hydrogen-bond acceptors (Lipinski definition) is 10. The van der Waals surface area contributed by atoms with Crippen LogP contribution in [0.2, 0.25) is 0 Å². The van der Waals surface area contributed by atoms with E-state index in [0.29, 0.717) is 29.3 Å². The van der Waals surface area contributed by atoms with Gasteiger partial charge in [-0.1, -0.05) is 11.8 Å². The average Bonchev–Trinajstić information content (AvgIpc) is 3.05. The zero-order valence-electron chi connectivity index (χ0n) is 17.0. The van der Waals surface area contributed by atoms with E-state index < -0.39 is 0 Å². The Bertz CT molecular complexity index is 1000. The van der Waals surface area contributed by atoms with Gasteiger partial charge < -0.3 is 16.2 Å². The number of thiazole rings is 1. The summed E-state index contributed by atoms with van der Waals surface area (Å²) in [5.41, 5.74) is 13.6. The van der Waals surface area contributed by atoms with Crippen LogP contribution in [0.1, 0.15) is 29.2 Å². The normalized spacial score (nSPS) is 15.0. The molecule has 1 aliphatic heterocycles. The third-order valence-corrected chi connectivity index (χ3v) is 6.84. The van der Waals surface area contributed by atoms with Crippen LogP contribution in [0.15, 0.2) is 29.6 Å². The Balaban J connectivity index is 1.45. The molecule has 158 valence electrons. The van der Waals surface area contributed by atoms with Crippen molar-refractivity contribution in [3.63, 3.8) is 0 Å². The molecule has 0 spiro atoms. The summed E-state index contributed by atoms with van der Waals surface area (Å²) in [5, 5.41) is 1.55. The van der Waals surface area contributed by atoms with Gasteiger partial charge in [0.2, 0.25) is 5.88 Å². The minimum atomic E-state index is 0.0604. The van der Waals surface area contributed by atoms with E-state index in [1.165, 1.54) is 31.3 Å². The second-order valence-corrected chi connectivity index (χ2v) is 9.66. The van der Waals surface area contributed by atoms with E-state index >= 15 is 0 Å². The highest BCUT2D eigenvalue weighted by Gasteiger charge is 2.19. The topological polar surface area (TPSA) is 116 Å². The Hall–Kier alpha value is -2.43. The lowest BCUT2D eigenvalue weighted by Crippen LogP contribution is -2.39. The number of pyridine rings is 1. The Morgan fingerprint density at radius 2 is 1.97 bits per heavy atom. The summed E-state index contributed by atoms with van der Waals surface area (Å²) in [6, 6.07) is 5.47. The van der Waals surface area contributed by atoms with Gasteiger partial charge in [-0.25, -0.2) is 19.9 Å². The van der Waals surface area contributed by atoms with Gasteiger partial charge in [0, 0.05) is 35.3 Å². The molecule has 4 rings (SSSR count). The second-order valence-electron chi connectivity index (χ2n) is 7.15. The van der Waals surface area contributed by atoms with E-state index in [4.69, 9.17) is 21.2 Å². The Morgan fingerprint density at radius 1 is 1.20 bits per heavy atom. The highest BCUT2D eigenvalue weighted by atomic mass is 32.2. The third-order valence-electron chi connectivity index (χ3n) is 4.83. The van der Waals surface area contributed by atoms with Crippen LogP contribution in [0.25, 0.3) is 10.6 Å². The summed E-state index contributed by atoms with van der Waals surface area (Å²) < 4.78 is 5.84. The van der Waals surface area contributed by atoms with Crippen molar-refractivity contribution in [3.8, 4) is 16.5 Å². The lowest BCUT2D eigenvalue weighted by Gasteiger charge is -2.30. The molecule has 10 heteroatoms. The number of rotatable bonds is 8. The maximum atomic E-state index is 5.84. The first-order valence-corrected chi connectivity index (χ1v) is 11.5. The van der Waals surface area contributed by atoms with Crippen molar-refractivity contribution < 1.29 is 4.74 Å². The smallest absolute Gasteiger partial charge is 0.213 e. The first-order chi connectivity index (χ1) is 14.5. The zero-order valence-corrected chi connectivity index (χ0v) is 18.7. The van der Waals surface area contributed by atoms with Gasteiger partial charge in [-0.2, -0.15) is 0 Å². The number of hydrogen-bond donors (Lipinski definition) is 2. The molecule has 3 aromatic heterocycles. The van der Waals surface area contributed by atoms with Crippen molar-refractivity contribution in [2.75, 3.05) is 37.7 Å². The van der Waals surface area contributed by atoms with Gasteiger partial charge in [0.05, 0.1) is 10.9 Å². The minimum Gasteiger partial charge on any atom is -0.476 e. The third kappa shape index (κ3) is 5.00. The molecule has 0 radical (unpaired) electrons. The van der Waals surface area contributed by atoms with Gasteiger partial charge >= 0.3 is 0 Å². The van der Waals surface area contributed by atoms with Crippen LogP contribution < -0.4 is 16.2 Å². The molecule has 1 fully saturated rings. The maximum absolute atomic E-state index is 5.84. The van der Waals surface area contributed by atoms with Crippen LogP contribution in [0.5, 0.6) is 5.88 Å². The van der Waals surface area contributed by atoms with E-state index in [0.717, 1.165) is 27.7 Å². The van der Waals surface area contributed by atoms with Gasteiger partial charge in [0.25, 0.3) is 0 Å². The lowest BCUT2D eigenvalue weighted by atomic mass is 10.2. The SMILES string of the molecule is Cc1sc(-c2ccnc(OCCN3CCC3)c2)nc1[C@H](C)Sc1nc(N)cc(N)n1. The number of ether oxygens (including phenoxy) is 1. The molecule has 0 bridgehead atoms. The van der Waals surface area contributed by atoms with E-state index in [2.05, 4.69) is 33.7 Å². The largest absolute Gasteiger partial charge is 0.476 e. The zero-order chi connectivity index (χ0) is 21.1. The van der Waals surface area contributed by atoms with Crippen LogP contribution in [0.3, 0.4) is 0 Å². The Morgan fingerprint density at radius 3 is 2.67 bits per heavy atom. The van der Waals surface area contributed by atoms with Gasteiger partial charge in [-0.05, 0) is 39.4 Å². The van der Waals surface area contributed by atoms with E-state index in [1.54, 1.807) is 23.6 Å². The van der Waals surface area contributed by atoms with Gasteiger partial charge in [0.1, 0.15) is 23.3 Å². The fourth-order valence-electron chi connectivity index (χ4n) is 3.14. The molecule has 1 aliphatic rings. The molecule has 0 aromatic carbocycles. The number of nitrogens with two attached hydrogens (primary N) is 2. The summed E-state index contributed by atoms with van der Waals surface area (Å²) in [6.07, 6.45) is 3.06. The van der Waals surface area contributed by atoms with E-state index in [9.17, 15) is 0 Å². The fourth-order valence-corrected chi connectivity index (χ4v) is 5.20. The number of thioether (sulfide) groups is 1. The first kappa shape index (κ1) is 20.8. The van der Waals surface area contributed by atoms with E-state index in [-0.39, 0.29) is 5.25 Å². The van der Waals surface area contributed by atoms with Gasteiger partial charge in [0.15, 0.2) is 5.16 Å². The molecule has 1 atom stereocenters. The molecule has 3 aromatic rings. The minimum absolute atomic E-state index is 0.0604.